The number of nitrogens with zero attached hydrogens (tertiary/aromatic N) is 5. The topological polar surface area (TPSA) is 48.0 Å². The molecule has 0 aliphatic heterocycles. The minimum absolute atomic E-state index is 0.220. The van der Waals surface area contributed by atoms with Crippen molar-refractivity contribution < 1.29 is 13.2 Å². The Bertz CT molecular complexity index is 1120. The molecule has 0 atom stereocenters. The first-order valence-electron chi connectivity index (χ1n) is 7.60. The third kappa shape index (κ3) is 2.96. The van der Waals surface area contributed by atoms with E-state index >= 15 is 0 Å². The molecule has 0 bridgehead atoms. The van der Waals surface area contributed by atoms with Crippen LogP contribution in [-0.4, -0.2) is 29.9 Å². The van der Waals surface area contributed by atoms with Gasteiger partial charge in [-0.15, -0.1) is 11.8 Å². The predicted octanol–water partition coefficient (Wildman–Crippen LogP) is 4.96. The second-order valence-electron chi connectivity index (χ2n) is 5.45. The van der Waals surface area contributed by atoms with Crippen LogP contribution in [0.2, 0.25) is 0 Å². The van der Waals surface area contributed by atoms with Crippen LogP contribution in [0.1, 0.15) is 12.6 Å². The Kier molecular flexibility index (Phi) is 4.19. The zero-order chi connectivity index (χ0) is 18.5. The van der Waals surface area contributed by atoms with Gasteiger partial charge >= 0.3 is 6.18 Å². The van der Waals surface area contributed by atoms with E-state index in [2.05, 4.69) is 31.0 Å². The highest BCUT2D eigenvalue weighted by atomic mass is 79.9. The second kappa shape index (κ2) is 6.27. The largest absolute Gasteiger partial charge is 0.433 e. The number of fused-ring (bicyclic) bond motifs is 2. The fourth-order valence-electron chi connectivity index (χ4n) is 2.59. The quantitative estimate of drug-likeness (QED) is 0.421. The van der Waals surface area contributed by atoms with Gasteiger partial charge in [-0.2, -0.15) is 18.3 Å². The summed E-state index contributed by atoms with van der Waals surface area (Å²) in [6, 6.07) is 4.69. The zero-order valence-electron chi connectivity index (χ0n) is 13.3. The number of hydrogen-bond donors (Lipinski definition) is 0. The molecule has 0 aliphatic carbocycles. The average Bonchev–Trinajstić information content (AvgIpc) is 3.15. The first-order valence-corrected chi connectivity index (χ1v) is 9.38. The normalized spacial score (nSPS) is 12.3. The van der Waals surface area contributed by atoms with Crippen molar-refractivity contribution >= 4 is 44.2 Å². The van der Waals surface area contributed by atoms with E-state index in [1.807, 2.05) is 29.7 Å². The third-order valence-electron chi connectivity index (χ3n) is 3.70. The number of imidazole rings is 1. The lowest BCUT2D eigenvalue weighted by Gasteiger charge is -2.03. The first-order chi connectivity index (χ1) is 12.4. The number of alkyl halides is 3. The molecule has 4 heterocycles. The average molecular weight is 442 g/mol. The lowest BCUT2D eigenvalue weighted by atomic mass is 10.3. The highest BCUT2D eigenvalue weighted by Crippen LogP contribution is 2.31. The summed E-state index contributed by atoms with van der Waals surface area (Å²) >= 11 is 5.02. The van der Waals surface area contributed by atoms with Crippen molar-refractivity contribution in [1.82, 2.24) is 24.1 Å². The van der Waals surface area contributed by atoms with Crippen LogP contribution in [0.5, 0.6) is 0 Å². The van der Waals surface area contributed by atoms with Crippen molar-refractivity contribution in [2.45, 2.75) is 18.1 Å². The van der Waals surface area contributed by atoms with Crippen molar-refractivity contribution in [2.24, 2.45) is 0 Å². The zero-order valence-corrected chi connectivity index (χ0v) is 15.7. The predicted molar refractivity (Wildman–Crippen MR) is 96.7 cm³/mol. The lowest BCUT2D eigenvalue weighted by molar-refractivity contribution is -0.141. The summed E-state index contributed by atoms with van der Waals surface area (Å²) in [5, 5.41) is 5.67. The molecule has 0 amide bonds. The molecule has 4 aromatic heterocycles. The lowest BCUT2D eigenvalue weighted by Crippen LogP contribution is -2.07. The van der Waals surface area contributed by atoms with Crippen molar-refractivity contribution in [3.63, 3.8) is 0 Å². The van der Waals surface area contributed by atoms with E-state index in [0.717, 1.165) is 27.0 Å². The van der Waals surface area contributed by atoms with Gasteiger partial charge in [0.15, 0.2) is 5.82 Å². The summed E-state index contributed by atoms with van der Waals surface area (Å²) in [6.07, 6.45) is 0.215. The van der Waals surface area contributed by atoms with Gasteiger partial charge in [-0.25, -0.2) is 9.67 Å². The smallest absolute Gasteiger partial charge is 0.292 e. The van der Waals surface area contributed by atoms with Gasteiger partial charge < -0.3 is 0 Å². The molecule has 0 saturated heterocycles. The fraction of sp³-hybridized carbons (Fsp3) is 0.188. The maximum Gasteiger partial charge on any atom is 0.433 e. The Hall–Kier alpha value is -2.07. The second-order valence-corrected chi connectivity index (χ2v) is 7.62. The molecule has 0 radical (unpaired) electrons. The highest BCUT2D eigenvalue weighted by Gasteiger charge is 2.32. The van der Waals surface area contributed by atoms with E-state index in [0.29, 0.717) is 11.2 Å². The maximum absolute atomic E-state index is 12.9. The number of pyridine rings is 2. The molecule has 26 heavy (non-hydrogen) atoms. The first kappa shape index (κ1) is 17.3. The molecular formula is C16H11BrF3N5S. The molecule has 0 unspecified atom stereocenters. The molecule has 0 N–H and O–H groups in total. The van der Waals surface area contributed by atoms with Crippen LogP contribution >= 0.6 is 27.7 Å². The maximum atomic E-state index is 12.9. The molecule has 0 aliphatic rings. The summed E-state index contributed by atoms with van der Waals surface area (Å²) in [5.41, 5.74) is -0.0110. The number of thioether (sulfide) groups is 1. The van der Waals surface area contributed by atoms with Crippen LogP contribution in [0, 0.1) is 0 Å². The van der Waals surface area contributed by atoms with Gasteiger partial charge in [0.2, 0.25) is 0 Å². The van der Waals surface area contributed by atoms with Crippen LogP contribution in [0.4, 0.5) is 13.2 Å². The van der Waals surface area contributed by atoms with Crippen LogP contribution in [0.15, 0.2) is 46.3 Å². The van der Waals surface area contributed by atoms with Crippen LogP contribution < -0.4 is 0 Å². The number of rotatable bonds is 3. The van der Waals surface area contributed by atoms with Crippen molar-refractivity contribution in [3.05, 3.63) is 47.0 Å². The van der Waals surface area contributed by atoms with E-state index < -0.39 is 11.9 Å². The standard InChI is InChI=1S/C16H11BrF3N5S/c1-2-26-15-14(22-13-4-3-10(17)8-24(13)15)25-7-9-6-21-12(16(18,19)20)5-11(9)23-25/h3-8H,2H2,1H3. The molecule has 5 nitrogen and oxygen atoms in total. The third-order valence-corrected chi connectivity index (χ3v) is 5.11. The Balaban J connectivity index is 1.90. The fourth-order valence-corrected chi connectivity index (χ4v) is 3.75. The van der Waals surface area contributed by atoms with E-state index in [-0.39, 0.29) is 5.52 Å². The Morgan fingerprint density at radius 3 is 2.77 bits per heavy atom. The minimum Gasteiger partial charge on any atom is -0.292 e. The Morgan fingerprint density at radius 2 is 2.04 bits per heavy atom. The molecule has 134 valence electrons. The van der Waals surface area contributed by atoms with Gasteiger partial charge in [0.1, 0.15) is 16.4 Å². The van der Waals surface area contributed by atoms with E-state index in [4.69, 9.17) is 0 Å². The Morgan fingerprint density at radius 1 is 1.23 bits per heavy atom. The monoisotopic (exact) mass is 441 g/mol. The van der Waals surface area contributed by atoms with E-state index in [9.17, 15) is 13.2 Å². The van der Waals surface area contributed by atoms with Crippen LogP contribution in [0.25, 0.3) is 22.4 Å². The van der Waals surface area contributed by atoms with E-state index in [1.54, 1.807) is 18.0 Å². The van der Waals surface area contributed by atoms with Crippen LogP contribution in [0.3, 0.4) is 0 Å². The van der Waals surface area contributed by atoms with Gasteiger partial charge in [-0.1, -0.05) is 6.92 Å². The summed E-state index contributed by atoms with van der Waals surface area (Å²) in [6.45, 7) is 2.02. The molecule has 0 saturated carbocycles. The van der Waals surface area contributed by atoms with Crippen LogP contribution in [-0.2, 0) is 6.18 Å². The van der Waals surface area contributed by atoms with Crippen molar-refractivity contribution in [1.29, 1.82) is 0 Å². The van der Waals surface area contributed by atoms with E-state index in [1.165, 1.54) is 10.9 Å². The molecule has 0 fully saturated rings. The van der Waals surface area contributed by atoms with Gasteiger partial charge in [-0.3, -0.25) is 9.38 Å². The molecule has 0 spiro atoms. The summed E-state index contributed by atoms with van der Waals surface area (Å²) < 4.78 is 42.9. The summed E-state index contributed by atoms with van der Waals surface area (Å²) in [4.78, 5) is 8.07. The molecule has 4 aromatic rings. The number of hydrogen-bond acceptors (Lipinski definition) is 4. The van der Waals surface area contributed by atoms with Gasteiger partial charge in [0, 0.05) is 28.4 Å². The number of halogens is 4. The van der Waals surface area contributed by atoms with Gasteiger partial charge in [-0.05, 0) is 39.9 Å². The Labute approximate surface area is 158 Å². The molecule has 10 heteroatoms. The molecular weight excluding hydrogens is 431 g/mol. The minimum atomic E-state index is -4.50. The van der Waals surface area contributed by atoms with Crippen molar-refractivity contribution in [3.8, 4) is 5.82 Å². The van der Waals surface area contributed by atoms with Gasteiger partial charge in [0.25, 0.3) is 0 Å². The highest BCUT2D eigenvalue weighted by molar-refractivity contribution is 9.10. The molecule has 4 rings (SSSR count). The number of aromatic nitrogens is 5. The summed E-state index contributed by atoms with van der Waals surface area (Å²) in [7, 11) is 0. The molecule has 0 aromatic carbocycles. The van der Waals surface area contributed by atoms with Crippen molar-refractivity contribution in [2.75, 3.05) is 5.75 Å². The SMILES string of the molecule is CCSc1c(-n2cc3cnc(C(F)(F)F)cc3n2)nc2ccc(Br)cn12. The van der Waals surface area contributed by atoms with Gasteiger partial charge in [0.05, 0.1) is 5.52 Å². The summed E-state index contributed by atoms with van der Waals surface area (Å²) in [5.74, 6) is 1.38.